The van der Waals surface area contributed by atoms with Gasteiger partial charge in [0.05, 0.1) is 32.4 Å². The van der Waals surface area contributed by atoms with Gasteiger partial charge in [-0.15, -0.1) is 0 Å². The van der Waals surface area contributed by atoms with Crippen LogP contribution in [0.3, 0.4) is 0 Å². The minimum absolute atomic E-state index is 0.0477. The maximum absolute atomic E-state index is 12.7. The van der Waals surface area contributed by atoms with Crippen LogP contribution in [-0.4, -0.2) is 28.1 Å². The summed E-state index contributed by atoms with van der Waals surface area (Å²) in [5, 5.41) is 10.3. The fourth-order valence-electron chi connectivity index (χ4n) is 2.55. The van der Waals surface area contributed by atoms with Crippen LogP contribution in [0.1, 0.15) is 11.1 Å². The van der Waals surface area contributed by atoms with E-state index >= 15 is 0 Å². The molecule has 0 radical (unpaired) electrons. The van der Waals surface area contributed by atoms with Crippen LogP contribution in [0.2, 0.25) is 0 Å². The Morgan fingerprint density at radius 1 is 1.18 bits per heavy atom. The number of rotatable bonds is 5. The molecule has 0 saturated carbocycles. The van der Waals surface area contributed by atoms with E-state index in [1.54, 1.807) is 25.3 Å². The zero-order valence-electron chi connectivity index (χ0n) is 14.3. The topological polar surface area (TPSA) is 89.8 Å². The van der Waals surface area contributed by atoms with Crippen LogP contribution in [-0.2, 0) is 11.3 Å². The van der Waals surface area contributed by atoms with Crippen molar-refractivity contribution in [3.05, 3.63) is 71.5 Å². The second-order valence-corrected chi connectivity index (χ2v) is 8.41. The summed E-state index contributed by atoms with van der Waals surface area (Å²) in [6, 6.07) is 9.32. The largest absolute Gasteiger partial charge is 0.494 e. The van der Waals surface area contributed by atoms with E-state index in [-0.39, 0.29) is 17.5 Å². The number of hydrogen-bond donors (Lipinski definition) is 0. The van der Waals surface area contributed by atoms with Crippen molar-refractivity contribution in [3.8, 4) is 5.75 Å². The molecule has 0 aliphatic carbocycles. The summed E-state index contributed by atoms with van der Waals surface area (Å²) in [6.07, 6.45) is 1.63. The van der Waals surface area contributed by atoms with Crippen molar-refractivity contribution in [1.82, 2.24) is 4.90 Å². The van der Waals surface area contributed by atoms with Crippen molar-refractivity contribution in [2.75, 3.05) is 7.11 Å². The van der Waals surface area contributed by atoms with E-state index in [1.807, 2.05) is 0 Å². The van der Waals surface area contributed by atoms with Crippen LogP contribution >= 0.6 is 43.6 Å². The summed E-state index contributed by atoms with van der Waals surface area (Å²) in [5.41, 5.74) is 1.30. The average Bonchev–Trinajstić information content (AvgIpc) is 2.89. The summed E-state index contributed by atoms with van der Waals surface area (Å²) in [5.74, 6) is 0.222. The molecule has 0 unspecified atom stereocenters. The second kappa shape index (κ2) is 8.46. The summed E-state index contributed by atoms with van der Waals surface area (Å²) in [4.78, 5) is 36.6. The molecule has 2 aromatic carbocycles. The van der Waals surface area contributed by atoms with Crippen LogP contribution < -0.4 is 4.74 Å². The first-order chi connectivity index (χ1) is 13.3. The van der Waals surface area contributed by atoms with Gasteiger partial charge in [-0.2, -0.15) is 0 Å². The van der Waals surface area contributed by atoms with E-state index in [1.165, 1.54) is 24.3 Å². The van der Waals surface area contributed by atoms with E-state index < -0.39 is 10.8 Å². The molecule has 0 aromatic heterocycles. The quantitative estimate of drug-likeness (QED) is 0.295. The lowest BCUT2D eigenvalue weighted by Crippen LogP contribution is -2.27. The van der Waals surface area contributed by atoms with Crippen molar-refractivity contribution in [1.29, 1.82) is 0 Å². The Bertz CT molecular complexity index is 985. The number of ether oxygens (including phenoxy) is 1. The van der Waals surface area contributed by atoms with Crippen molar-refractivity contribution >= 4 is 66.5 Å². The molecule has 2 amide bonds. The molecule has 2 aromatic rings. The predicted octanol–water partition coefficient (Wildman–Crippen LogP) is 5.36. The highest BCUT2D eigenvalue weighted by molar-refractivity contribution is 9.11. The maximum Gasteiger partial charge on any atom is 0.293 e. The third kappa shape index (κ3) is 4.29. The van der Waals surface area contributed by atoms with Gasteiger partial charge in [-0.25, -0.2) is 0 Å². The van der Waals surface area contributed by atoms with Gasteiger partial charge in [0.1, 0.15) is 5.75 Å². The number of nitro benzene ring substituents is 1. The molecule has 3 rings (SSSR count). The number of nitrogens with zero attached hydrogens (tertiary/aromatic N) is 2. The normalized spacial score (nSPS) is 15.4. The fourth-order valence-corrected chi connectivity index (χ4v) is 4.94. The lowest BCUT2D eigenvalue weighted by molar-refractivity contribution is -0.384. The first kappa shape index (κ1) is 20.6. The molecule has 1 fully saturated rings. The number of amides is 2. The zero-order valence-corrected chi connectivity index (χ0v) is 18.3. The highest BCUT2D eigenvalue weighted by atomic mass is 79.9. The highest BCUT2D eigenvalue weighted by Gasteiger charge is 2.35. The number of hydrogen-bond acceptors (Lipinski definition) is 6. The summed E-state index contributed by atoms with van der Waals surface area (Å²) in [7, 11) is 1.55. The Morgan fingerprint density at radius 3 is 2.32 bits per heavy atom. The van der Waals surface area contributed by atoms with Gasteiger partial charge in [-0.3, -0.25) is 24.6 Å². The Hall–Kier alpha value is -2.17. The van der Waals surface area contributed by atoms with E-state index in [9.17, 15) is 19.7 Å². The molecule has 0 bridgehead atoms. The number of carbonyl (C=O) groups is 2. The minimum Gasteiger partial charge on any atom is -0.494 e. The number of benzene rings is 2. The van der Waals surface area contributed by atoms with Crippen LogP contribution in [0, 0.1) is 10.1 Å². The SMILES string of the molecule is COc1c(Br)cc(/C=C2\SC(=O)N(Cc3ccc([N+](=O)[O-])cc3)C2=O)cc1Br. The zero-order chi connectivity index (χ0) is 20.4. The Balaban J connectivity index is 1.81. The minimum atomic E-state index is -0.502. The second-order valence-electron chi connectivity index (χ2n) is 5.71. The van der Waals surface area contributed by atoms with Crippen molar-refractivity contribution in [2.24, 2.45) is 0 Å². The number of imide groups is 1. The number of halogens is 2. The molecule has 7 nitrogen and oxygen atoms in total. The third-order valence-corrected chi connectivity index (χ3v) is 5.97. The molecule has 144 valence electrons. The number of non-ortho nitro benzene ring substituents is 1. The fraction of sp³-hybridized carbons (Fsp3) is 0.111. The molecule has 1 saturated heterocycles. The molecular weight excluding hydrogens is 516 g/mol. The van der Waals surface area contributed by atoms with Crippen molar-refractivity contribution in [3.63, 3.8) is 0 Å². The Kier molecular flexibility index (Phi) is 6.21. The van der Waals surface area contributed by atoms with E-state index in [4.69, 9.17) is 4.74 Å². The first-order valence-electron chi connectivity index (χ1n) is 7.82. The number of thioether (sulfide) groups is 1. The summed E-state index contributed by atoms with van der Waals surface area (Å²) >= 11 is 7.66. The van der Waals surface area contributed by atoms with Gasteiger partial charge in [-0.05, 0) is 73.0 Å². The number of nitro groups is 1. The lowest BCUT2D eigenvalue weighted by atomic mass is 10.2. The molecule has 0 atom stereocenters. The maximum atomic E-state index is 12.7. The van der Waals surface area contributed by atoms with Gasteiger partial charge in [-0.1, -0.05) is 12.1 Å². The monoisotopic (exact) mass is 526 g/mol. The smallest absolute Gasteiger partial charge is 0.293 e. The van der Waals surface area contributed by atoms with E-state index in [0.29, 0.717) is 25.2 Å². The molecule has 10 heteroatoms. The molecule has 0 N–H and O–H groups in total. The summed E-state index contributed by atoms with van der Waals surface area (Å²) < 4.78 is 6.67. The van der Waals surface area contributed by atoms with Gasteiger partial charge in [0.15, 0.2) is 0 Å². The van der Waals surface area contributed by atoms with Crippen LogP contribution in [0.4, 0.5) is 10.5 Å². The molecular formula is C18H12Br2N2O5S. The molecule has 28 heavy (non-hydrogen) atoms. The standard InChI is InChI=1S/C18H12Br2N2O5S/c1-27-16-13(19)6-11(7-14(16)20)8-15-17(23)21(18(24)28-15)9-10-2-4-12(5-3-10)22(25)26/h2-8H,9H2,1H3/b15-8-. The van der Waals surface area contributed by atoms with E-state index in [2.05, 4.69) is 31.9 Å². The third-order valence-electron chi connectivity index (χ3n) is 3.88. The van der Waals surface area contributed by atoms with Gasteiger partial charge in [0, 0.05) is 12.1 Å². The average molecular weight is 528 g/mol. The van der Waals surface area contributed by atoms with Crippen molar-refractivity contribution in [2.45, 2.75) is 6.54 Å². The Morgan fingerprint density at radius 2 is 1.79 bits per heavy atom. The molecule has 1 aliphatic rings. The highest BCUT2D eigenvalue weighted by Crippen LogP contribution is 2.37. The summed E-state index contributed by atoms with van der Waals surface area (Å²) in [6.45, 7) is 0.0516. The molecule has 0 spiro atoms. The predicted molar refractivity (Wildman–Crippen MR) is 113 cm³/mol. The van der Waals surface area contributed by atoms with Crippen LogP contribution in [0.5, 0.6) is 5.75 Å². The number of carbonyl (C=O) groups excluding carboxylic acids is 2. The van der Waals surface area contributed by atoms with Gasteiger partial charge < -0.3 is 4.74 Å². The van der Waals surface area contributed by atoms with Gasteiger partial charge in [0.25, 0.3) is 16.8 Å². The molecule has 1 aliphatic heterocycles. The Labute approximate surface area is 181 Å². The first-order valence-corrected chi connectivity index (χ1v) is 10.2. The van der Waals surface area contributed by atoms with Crippen molar-refractivity contribution < 1.29 is 19.2 Å². The lowest BCUT2D eigenvalue weighted by Gasteiger charge is -2.12. The van der Waals surface area contributed by atoms with E-state index in [0.717, 1.165) is 22.2 Å². The molecule has 1 heterocycles. The van der Waals surface area contributed by atoms with Crippen LogP contribution in [0.15, 0.2) is 50.2 Å². The van der Waals surface area contributed by atoms with Crippen LogP contribution in [0.25, 0.3) is 6.08 Å². The number of methoxy groups -OCH3 is 1. The van der Waals surface area contributed by atoms with Gasteiger partial charge in [0.2, 0.25) is 0 Å². The van der Waals surface area contributed by atoms with Gasteiger partial charge >= 0.3 is 0 Å².